The Morgan fingerprint density at radius 2 is 1.68 bits per heavy atom. The lowest BCUT2D eigenvalue weighted by Gasteiger charge is -2.14. The van der Waals surface area contributed by atoms with Crippen LogP contribution in [0.2, 0.25) is 0 Å². The minimum atomic E-state index is -0.565. The Kier molecular flexibility index (Phi) is 10.2. The SMILES string of the molecule is COc1ccc(C(=O)Nc2ccc(OCCCN(C)C)cc2C(=O)NN=Cc2ccc(F)cc2)cc1OC. The lowest BCUT2D eigenvalue weighted by Crippen LogP contribution is -2.21. The van der Waals surface area contributed by atoms with Crippen LogP contribution in [0.1, 0.15) is 32.7 Å². The van der Waals surface area contributed by atoms with E-state index >= 15 is 0 Å². The van der Waals surface area contributed by atoms with E-state index in [0.29, 0.717) is 35.0 Å². The van der Waals surface area contributed by atoms with E-state index in [4.69, 9.17) is 14.2 Å². The fraction of sp³-hybridized carbons (Fsp3) is 0.250. The van der Waals surface area contributed by atoms with Crippen molar-refractivity contribution in [3.05, 3.63) is 83.2 Å². The molecule has 0 unspecified atom stereocenters. The molecule has 0 radical (unpaired) electrons. The Labute approximate surface area is 221 Å². The third-order valence-corrected chi connectivity index (χ3v) is 5.40. The van der Waals surface area contributed by atoms with Crippen LogP contribution in [-0.2, 0) is 0 Å². The molecule has 0 saturated heterocycles. The van der Waals surface area contributed by atoms with Gasteiger partial charge in [0.05, 0.1) is 38.3 Å². The van der Waals surface area contributed by atoms with Gasteiger partial charge in [-0.25, -0.2) is 9.82 Å². The molecule has 0 heterocycles. The molecular formula is C28H31FN4O5. The summed E-state index contributed by atoms with van der Waals surface area (Å²) in [4.78, 5) is 28.1. The number of benzene rings is 3. The van der Waals surface area contributed by atoms with Crippen molar-refractivity contribution in [2.45, 2.75) is 6.42 Å². The van der Waals surface area contributed by atoms with Crippen molar-refractivity contribution in [2.24, 2.45) is 5.10 Å². The third kappa shape index (κ3) is 8.04. The third-order valence-electron chi connectivity index (χ3n) is 5.40. The number of hydrazone groups is 1. The molecule has 0 aliphatic carbocycles. The molecule has 10 heteroatoms. The molecule has 200 valence electrons. The summed E-state index contributed by atoms with van der Waals surface area (Å²) in [7, 11) is 6.94. The number of amides is 2. The summed E-state index contributed by atoms with van der Waals surface area (Å²) in [6, 6.07) is 15.2. The van der Waals surface area contributed by atoms with Gasteiger partial charge in [0.25, 0.3) is 11.8 Å². The molecule has 0 saturated carbocycles. The summed E-state index contributed by atoms with van der Waals surface area (Å²) in [5.74, 6) is -0.0308. The Hall–Kier alpha value is -4.44. The molecule has 2 N–H and O–H groups in total. The predicted octanol–water partition coefficient (Wildman–Crippen LogP) is 4.19. The number of carbonyl (C=O) groups excluding carboxylic acids is 2. The summed E-state index contributed by atoms with van der Waals surface area (Å²) in [5, 5.41) is 6.72. The van der Waals surface area contributed by atoms with Crippen molar-refractivity contribution in [3.8, 4) is 17.2 Å². The summed E-state index contributed by atoms with van der Waals surface area (Å²) >= 11 is 0. The van der Waals surface area contributed by atoms with Crippen molar-refractivity contribution in [2.75, 3.05) is 46.8 Å². The molecular weight excluding hydrogens is 491 g/mol. The Balaban J connectivity index is 1.81. The topological polar surface area (TPSA) is 101 Å². The number of methoxy groups -OCH3 is 2. The van der Waals surface area contributed by atoms with Gasteiger partial charge in [-0.15, -0.1) is 0 Å². The van der Waals surface area contributed by atoms with Crippen molar-refractivity contribution in [1.29, 1.82) is 0 Å². The Morgan fingerprint density at radius 1 is 0.947 bits per heavy atom. The summed E-state index contributed by atoms with van der Waals surface area (Å²) in [6.07, 6.45) is 2.19. The molecule has 0 aliphatic heterocycles. The largest absolute Gasteiger partial charge is 0.494 e. The summed E-state index contributed by atoms with van der Waals surface area (Å²) in [6.45, 7) is 1.31. The molecule has 0 aromatic heterocycles. The minimum absolute atomic E-state index is 0.153. The van der Waals surface area contributed by atoms with E-state index in [1.54, 1.807) is 36.4 Å². The van der Waals surface area contributed by atoms with Gasteiger partial charge in [-0.2, -0.15) is 5.10 Å². The van der Waals surface area contributed by atoms with Crippen LogP contribution in [0.25, 0.3) is 0 Å². The Morgan fingerprint density at radius 3 is 2.37 bits per heavy atom. The van der Waals surface area contributed by atoms with Gasteiger partial charge in [0, 0.05) is 12.1 Å². The maximum atomic E-state index is 13.1. The number of halogens is 1. The number of nitrogens with zero attached hydrogens (tertiary/aromatic N) is 2. The zero-order chi connectivity index (χ0) is 27.5. The highest BCUT2D eigenvalue weighted by molar-refractivity contribution is 6.09. The first kappa shape index (κ1) is 28.1. The molecule has 0 bridgehead atoms. The van der Waals surface area contributed by atoms with Gasteiger partial charge in [-0.3, -0.25) is 9.59 Å². The van der Waals surface area contributed by atoms with Crippen LogP contribution in [0, 0.1) is 5.82 Å². The van der Waals surface area contributed by atoms with Crippen LogP contribution < -0.4 is 25.0 Å². The van der Waals surface area contributed by atoms with E-state index in [1.807, 2.05) is 19.0 Å². The minimum Gasteiger partial charge on any atom is -0.494 e. The molecule has 0 aliphatic rings. The van der Waals surface area contributed by atoms with Gasteiger partial charge in [-0.05, 0) is 74.6 Å². The zero-order valence-corrected chi connectivity index (χ0v) is 21.8. The number of carbonyl (C=O) groups is 2. The molecule has 3 aromatic rings. The second-order valence-corrected chi connectivity index (χ2v) is 8.49. The summed E-state index contributed by atoms with van der Waals surface area (Å²) in [5.41, 5.74) is 3.78. The normalized spacial score (nSPS) is 10.9. The van der Waals surface area contributed by atoms with E-state index in [0.717, 1.165) is 13.0 Å². The molecule has 2 amide bonds. The van der Waals surface area contributed by atoms with E-state index in [2.05, 4.69) is 15.8 Å². The van der Waals surface area contributed by atoms with Crippen LogP contribution in [0.3, 0.4) is 0 Å². The number of ether oxygens (including phenoxy) is 3. The second kappa shape index (κ2) is 13.8. The van der Waals surface area contributed by atoms with Gasteiger partial charge in [0.2, 0.25) is 0 Å². The molecule has 3 rings (SSSR count). The lowest BCUT2D eigenvalue weighted by molar-refractivity contribution is 0.0955. The van der Waals surface area contributed by atoms with Crippen LogP contribution in [0.5, 0.6) is 17.2 Å². The first-order chi connectivity index (χ1) is 18.3. The van der Waals surface area contributed by atoms with Crippen molar-refractivity contribution < 1.29 is 28.2 Å². The van der Waals surface area contributed by atoms with E-state index in [9.17, 15) is 14.0 Å². The van der Waals surface area contributed by atoms with Gasteiger partial charge in [-0.1, -0.05) is 12.1 Å². The molecule has 0 atom stereocenters. The van der Waals surface area contributed by atoms with Crippen molar-refractivity contribution in [3.63, 3.8) is 0 Å². The van der Waals surface area contributed by atoms with Gasteiger partial charge in [0.15, 0.2) is 11.5 Å². The number of hydrogen-bond acceptors (Lipinski definition) is 7. The highest BCUT2D eigenvalue weighted by Crippen LogP contribution is 2.29. The number of nitrogens with one attached hydrogen (secondary N) is 2. The number of rotatable bonds is 12. The quantitative estimate of drug-likeness (QED) is 0.210. The highest BCUT2D eigenvalue weighted by atomic mass is 19.1. The maximum absolute atomic E-state index is 13.1. The van der Waals surface area contributed by atoms with Crippen LogP contribution in [0.15, 0.2) is 65.8 Å². The van der Waals surface area contributed by atoms with Gasteiger partial charge in [0.1, 0.15) is 11.6 Å². The first-order valence-electron chi connectivity index (χ1n) is 11.8. The molecule has 3 aromatic carbocycles. The second-order valence-electron chi connectivity index (χ2n) is 8.49. The number of hydrogen-bond donors (Lipinski definition) is 2. The average Bonchev–Trinajstić information content (AvgIpc) is 2.92. The monoisotopic (exact) mass is 522 g/mol. The predicted molar refractivity (Wildman–Crippen MR) is 144 cm³/mol. The standard InChI is InChI=1S/C28H31FN4O5/c1-33(2)14-5-15-38-22-11-12-24(31-27(34)20-8-13-25(36-3)26(16-20)37-4)23(17-22)28(35)32-30-18-19-6-9-21(29)10-7-19/h6-13,16-18H,5,14-15H2,1-4H3,(H,31,34)(H,32,35). The maximum Gasteiger partial charge on any atom is 0.273 e. The fourth-order valence-electron chi connectivity index (χ4n) is 3.43. The van der Waals surface area contributed by atoms with E-state index in [-0.39, 0.29) is 17.1 Å². The van der Waals surface area contributed by atoms with Crippen molar-refractivity contribution in [1.82, 2.24) is 10.3 Å². The van der Waals surface area contributed by atoms with Crippen LogP contribution in [-0.4, -0.2) is 64.4 Å². The molecule has 38 heavy (non-hydrogen) atoms. The van der Waals surface area contributed by atoms with E-state index in [1.165, 1.54) is 44.7 Å². The summed E-state index contributed by atoms with van der Waals surface area (Å²) < 4.78 is 29.4. The van der Waals surface area contributed by atoms with Crippen LogP contribution >= 0.6 is 0 Å². The van der Waals surface area contributed by atoms with Gasteiger partial charge < -0.3 is 24.4 Å². The first-order valence-corrected chi connectivity index (χ1v) is 11.8. The van der Waals surface area contributed by atoms with Crippen LogP contribution in [0.4, 0.5) is 10.1 Å². The Bertz CT molecular complexity index is 1280. The molecule has 0 fully saturated rings. The number of anilines is 1. The molecule has 9 nitrogen and oxygen atoms in total. The fourth-order valence-corrected chi connectivity index (χ4v) is 3.43. The average molecular weight is 523 g/mol. The van der Waals surface area contributed by atoms with Crippen molar-refractivity contribution >= 4 is 23.7 Å². The highest BCUT2D eigenvalue weighted by Gasteiger charge is 2.17. The van der Waals surface area contributed by atoms with E-state index < -0.39 is 11.8 Å². The smallest absolute Gasteiger partial charge is 0.273 e. The zero-order valence-electron chi connectivity index (χ0n) is 21.8. The molecule has 0 spiro atoms. The van der Waals surface area contributed by atoms with Gasteiger partial charge >= 0.3 is 0 Å². The lowest BCUT2D eigenvalue weighted by atomic mass is 10.1.